The molecule has 0 aliphatic carbocycles. The first-order valence-electron chi connectivity index (χ1n) is 8.15. The van der Waals surface area contributed by atoms with Crippen LogP contribution in [-0.2, 0) is 19.1 Å². The number of anilines is 2. The Balaban J connectivity index is 1.58. The maximum absolute atomic E-state index is 12.0. The molecule has 1 aliphatic heterocycles. The molecule has 144 valence electrons. The number of carbonyl (C=O) groups is 4. The van der Waals surface area contributed by atoms with Crippen LogP contribution in [0.5, 0.6) is 5.75 Å². The first-order valence-corrected chi connectivity index (χ1v) is 8.52. The van der Waals surface area contributed by atoms with E-state index in [4.69, 9.17) is 21.1 Å². The third-order valence-electron chi connectivity index (χ3n) is 3.97. The van der Waals surface area contributed by atoms with Crippen LogP contribution in [0.2, 0.25) is 5.02 Å². The van der Waals surface area contributed by atoms with Gasteiger partial charge in [0.15, 0.2) is 6.61 Å². The average molecular weight is 403 g/mol. The van der Waals surface area contributed by atoms with Gasteiger partial charge in [-0.05, 0) is 30.3 Å². The Morgan fingerprint density at radius 2 is 1.89 bits per heavy atom. The second-order valence-electron chi connectivity index (χ2n) is 5.79. The van der Waals surface area contributed by atoms with E-state index in [9.17, 15) is 19.2 Å². The van der Waals surface area contributed by atoms with Crippen LogP contribution in [0.1, 0.15) is 10.4 Å². The fourth-order valence-corrected chi connectivity index (χ4v) is 2.86. The summed E-state index contributed by atoms with van der Waals surface area (Å²) in [5, 5.41) is 2.92. The van der Waals surface area contributed by atoms with Gasteiger partial charge in [0.25, 0.3) is 17.6 Å². The molecule has 2 aromatic carbocycles. The molecule has 1 aliphatic rings. The number of hydrogen-bond acceptors (Lipinski definition) is 6. The zero-order chi connectivity index (χ0) is 20.3. The van der Waals surface area contributed by atoms with Gasteiger partial charge in [-0.3, -0.25) is 24.1 Å². The lowest BCUT2D eigenvalue weighted by Crippen LogP contribution is -2.36. The predicted octanol–water partition coefficient (Wildman–Crippen LogP) is 2.06. The number of esters is 1. The maximum Gasteiger partial charge on any atom is 0.326 e. The van der Waals surface area contributed by atoms with E-state index in [1.165, 1.54) is 19.2 Å². The van der Waals surface area contributed by atoms with E-state index in [1.807, 2.05) is 0 Å². The van der Waals surface area contributed by atoms with Crippen molar-refractivity contribution in [1.82, 2.24) is 0 Å². The number of nitrogens with zero attached hydrogens (tertiary/aromatic N) is 1. The van der Waals surface area contributed by atoms with Crippen LogP contribution < -0.4 is 15.0 Å². The van der Waals surface area contributed by atoms with Crippen molar-refractivity contribution in [2.24, 2.45) is 0 Å². The fourth-order valence-electron chi connectivity index (χ4n) is 2.69. The van der Waals surface area contributed by atoms with Crippen LogP contribution in [0, 0.1) is 0 Å². The van der Waals surface area contributed by atoms with E-state index in [0.717, 1.165) is 4.90 Å². The Kier molecular flexibility index (Phi) is 5.60. The van der Waals surface area contributed by atoms with E-state index in [1.54, 1.807) is 30.3 Å². The minimum absolute atomic E-state index is 0.228. The number of benzene rings is 2. The fraction of sp³-hybridized carbons (Fsp3) is 0.158. The van der Waals surface area contributed by atoms with Crippen LogP contribution in [0.4, 0.5) is 11.4 Å². The number of carbonyl (C=O) groups excluding carboxylic acids is 4. The lowest BCUT2D eigenvalue weighted by atomic mass is 10.1. The first kappa shape index (κ1) is 19.4. The molecule has 3 rings (SSSR count). The van der Waals surface area contributed by atoms with Crippen LogP contribution >= 0.6 is 11.6 Å². The number of methoxy groups -OCH3 is 1. The molecule has 0 atom stereocenters. The molecule has 8 nitrogen and oxygen atoms in total. The summed E-state index contributed by atoms with van der Waals surface area (Å²) in [7, 11) is 1.44. The summed E-state index contributed by atoms with van der Waals surface area (Å²) in [6, 6.07) is 11.0. The minimum Gasteiger partial charge on any atom is -0.495 e. The van der Waals surface area contributed by atoms with Crippen molar-refractivity contribution in [3.05, 3.63) is 53.1 Å². The molecule has 0 saturated carbocycles. The molecule has 28 heavy (non-hydrogen) atoms. The van der Waals surface area contributed by atoms with Gasteiger partial charge in [-0.1, -0.05) is 23.7 Å². The van der Waals surface area contributed by atoms with Crippen molar-refractivity contribution >= 4 is 46.5 Å². The highest BCUT2D eigenvalue weighted by Crippen LogP contribution is 2.29. The Morgan fingerprint density at radius 3 is 2.64 bits per heavy atom. The Morgan fingerprint density at radius 1 is 1.14 bits per heavy atom. The van der Waals surface area contributed by atoms with Gasteiger partial charge in [-0.25, -0.2) is 0 Å². The molecule has 0 saturated heterocycles. The molecule has 9 heteroatoms. The average Bonchev–Trinajstić information content (AvgIpc) is 2.92. The molecule has 0 fully saturated rings. The smallest absolute Gasteiger partial charge is 0.326 e. The van der Waals surface area contributed by atoms with Crippen LogP contribution in [0.25, 0.3) is 0 Å². The third kappa shape index (κ3) is 3.96. The van der Waals surface area contributed by atoms with E-state index < -0.39 is 36.7 Å². The molecular weight excluding hydrogens is 388 g/mol. The third-order valence-corrected chi connectivity index (χ3v) is 4.20. The summed E-state index contributed by atoms with van der Waals surface area (Å²) in [4.78, 5) is 49.1. The second kappa shape index (κ2) is 8.10. The normalized spacial score (nSPS) is 12.6. The number of hydrogen-bond donors (Lipinski definition) is 1. The van der Waals surface area contributed by atoms with E-state index >= 15 is 0 Å². The van der Waals surface area contributed by atoms with Gasteiger partial charge in [0.05, 0.1) is 24.0 Å². The minimum atomic E-state index is -0.828. The largest absolute Gasteiger partial charge is 0.495 e. The number of nitrogens with one attached hydrogen (secondary N) is 1. The standard InChI is InChI=1S/C19H15ClN2O6/c1-27-15-7-6-11(20)8-13(15)21-16(23)10-28-17(24)9-22-14-5-3-2-4-12(14)18(25)19(22)26/h2-8H,9-10H2,1H3,(H,21,23). The summed E-state index contributed by atoms with van der Waals surface area (Å²) in [5.74, 6) is -2.55. The molecule has 0 bridgehead atoms. The highest BCUT2D eigenvalue weighted by Gasteiger charge is 2.36. The highest BCUT2D eigenvalue weighted by atomic mass is 35.5. The van der Waals surface area contributed by atoms with Crippen LogP contribution in [0.15, 0.2) is 42.5 Å². The van der Waals surface area contributed by atoms with Gasteiger partial charge in [0.1, 0.15) is 12.3 Å². The Hall–Kier alpha value is -3.39. The monoisotopic (exact) mass is 402 g/mol. The van der Waals surface area contributed by atoms with Crippen molar-refractivity contribution in [1.29, 1.82) is 0 Å². The van der Waals surface area contributed by atoms with E-state index in [-0.39, 0.29) is 5.56 Å². The molecule has 1 N–H and O–H groups in total. The van der Waals surface area contributed by atoms with Gasteiger partial charge in [0, 0.05) is 5.02 Å². The van der Waals surface area contributed by atoms with Gasteiger partial charge in [-0.2, -0.15) is 0 Å². The summed E-state index contributed by atoms with van der Waals surface area (Å²) >= 11 is 5.89. The molecule has 0 spiro atoms. The van der Waals surface area contributed by atoms with Crippen molar-refractivity contribution in [3.8, 4) is 5.75 Å². The number of halogens is 1. The predicted molar refractivity (Wildman–Crippen MR) is 101 cm³/mol. The van der Waals surface area contributed by atoms with Crippen molar-refractivity contribution in [3.63, 3.8) is 0 Å². The number of Topliss-reactive ketones (excluding diaryl/α,β-unsaturated/α-hetero) is 1. The maximum atomic E-state index is 12.0. The quantitative estimate of drug-likeness (QED) is 0.586. The summed E-state index contributed by atoms with van der Waals surface area (Å²) in [6.45, 7) is -1.05. The number of ether oxygens (including phenoxy) is 2. The Labute approximate surface area is 165 Å². The number of para-hydroxylation sites is 1. The van der Waals surface area contributed by atoms with Crippen LogP contribution in [0.3, 0.4) is 0 Å². The number of fused-ring (bicyclic) bond motifs is 1. The molecule has 1 heterocycles. The number of ketones is 1. The lowest BCUT2D eigenvalue weighted by molar-refractivity contribution is -0.146. The van der Waals surface area contributed by atoms with Crippen molar-refractivity contribution < 1.29 is 28.7 Å². The topological polar surface area (TPSA) is 102 Å². The molecule has 0 aromatic heterocycles. The van der Waals surface area contributed by atoms with E-state index in [0.29, 0.717) is 22.1 Å². The molecule has 0 radical (unpaired) electrons. The van der Waals surface area contributed by atoms with Crippen molar-refractivity contribution in [2.45, 2.75) is 0 Å². The summed E-state index contributed by atoms with van der Waals surface area (Å²) in [6.07, 6.45) is 0. The van der Waals surface area contributed by atoms with Gasteiger partial charge in [-0.15, -0.1) is 0 Å². The van der Waals surface area contributed by atoms with Gasteiger partial charge >= 0.3 is 5.97 Å². The van der Waals surface area contributed by atoms with Crippen LogP contribution in [-0.4, -0.2) is 43.8 Å². The first-order chi connectivity index (χ1) is 13.4. The Bertz CT molecular complexity index is 975. The lowest BCUT2D eigenvalue weighted by Gasteiger charge is -2.15. The zero-order valence-electron chi connectivity index (χ0n) is 14.7. The highest BCUT2D eigenvalue weighted by molar-refractivity contribution is 6.52. The van der Waals surface area contributed by atoms with Gasteiger partial charge in [0.2, 0.25) is 0 Å². The van der Waals surface area contributed by atoms with Gasteiger partial charge < -0.3 is 14.8 Å². The SMILES string of the molecule is COc1ccc(Cl)cc1NC(=O)COC(=O)CN1C(=O)C(=O)c2ccccc21. The summed E-state index contributed by atoms with van der Waals surface area (Å²) < 4.78 is 10.0. The molecule has 0 unspecified atom stereocenters. The summed E-state index contributed by atoms with van der Waals surface area (Å²) in [5.41, 5.74) is 0.888. The van der Waals surface area contributed by atoms with E-state index in [2.05, 4.69) is 5.32 Å². The van der Waals surface area contributed by atoms with Crippen molar-refractivity contribution in [2.75, 3.05) is 30.5 Å². The zero-order valence-corrected chi connectivity index (χ0v) is 15.5. The molecule has 2 amide bonds. The molecular formula is C19H15ClN2O6. The number of rotatable bonds is 6. The number of amides is 2. The second-order valence-corrected chi connectivity index (χ2v) is 6.23. The molecule has 2 aromatic rings.